The van der Waals surface area contributed by atoms with Crippen LogP contribution in [-0.2, 0) is 9.47 Å². The molecule has 0 aromatic heterocycles. The van der Waals surface area contributed by atoms with Gasteiger partial charge in [0.2, 0.25) is 0 Å². The number of carbonyl (C=O) groups excluding carboxylic acids is 2. The minimum absolute atomic E-state index is 0.0556. The number of nitrogens with zero attached hydrogens (tertiary/aromatic N) is 1. The number of hydrogen-bond acceptors (Lipinski definition) is 8. The summed E-state index contributed by atoms with van der Waals surface area (Å²) in [6.45, 7) is 0. The average molecular weight is 617 g/mol. The molecule has 0 aliphatic rings. The smallest absolute Gasteiger partial charge is 0.340 e. The van der Waals surface area contributed by atoms with Crippen LogP contribution in [0.25, 0.3) is 0 Å². The van der Waals surface area contributed by atoms with Gasteiger partial charge in [-0.1, -0.05) is 67.3 Å². The van der Waals surface area contributed by atoms with Gasteiger partial charge in [-0.2, -0.15) is 4.99 Å². The normalized spacial score (nSPS) is 8.87. The van der Waals surface area contributed by atoms with Crippen molar-refractivity contribution < 1.29 is 19.1 Å². The van der Waals surface area contributed by atoms with Crippen LogP contribution in [0.1, 0.15) is 20.7 Å². The second-order valence-electron chi connectivity index (χ2n) is 4.81. The van der Waals surface area contributed by atoms with Crippen LogP contribution < -0.4 is 5.73 Å². The fourth-order valence-electron chi connectivity index (χ4n) is 1.76. The van der Waals surface area contributed by atoms with Gasteiger partial charge in [-0.25, -0.2) is 9.59 Å². The van der Waals surface area contributed by atoms with Gasteiger partial charge in [0.15, 0.2) is 3.78 Å². The standard InChI is InChI=1S/C9H6BrNO2S.C8H8BrNO2.CCl2S/c1-13-9(12)7-3-2-6(10)4-8(7)11-5-14;1-12-8(11)6-3-2-5(9)4-7(6)10;2-1(3)4/h2-4H,1H3;2-4H,10H2,1H3;. The van der Waals surface area contributed by atoms with Crippen molar-refractivity contribution in [1.82, 2.24) is 0 Å². The van der Waals surface area contributed by atoms with Crippen LogP contribution >= 0.6 is 79.5 Å². The molecular weight excluding hydrogens is 603 g/mol. The van der Waals surface area contributed by atoms with Gasteiger partial charge >= 0.3 is 11.9 Å². The largest absolute Gasteiger partial charge is 0.465 e. The van der Waals surface area contributed by atoms with Crippen molar-refractivity contribution in [2.45, 2.75) is 0 Å². The monoisotopic (exact) mass is 614 g/mol. The van der Waals surface area contributed by atoms with E-state index in [9.17, 15) is 9.59 Å². The van der Waals surface area contributed by atoms with E-state index in [0.29, 0.717) is 22.5 Å². The number of esters is 2. The Kier molecular flexibility index (Phi) is 14.7. The summed E-state index contributed by atoms with van der Waals surface area (Å²) < 4.78 is 10.7. The summed E-state index contributed by atoms with van der Waals surface area (Å²) in [6, 6.07) is 10.0. The number of ether oxygens (including phenoxy) is 2. The molecule has 0 saturated heterocycles. The van der Waals surface area contributed by atoms with E-state index in [2.05, 4.69) is 75.9 Å². The zero-order valence-electron chi connectivity index (χ0n) is 15.5. The van der Waals surface area contributed by atoms with Crippen LogP contribution in [0.15, 0.2) is 50.3 Å². The molecule has 0 atom stereocenters. The Labute approximate surface area is 211 Å². The van der Waals surface area contributed by atoms with Crippen LogP contribution in [-0.4, -0.2) is 35.1 Å². The molecule has 0 amide bonds. The maximum Gasteiger partial charge on any atom is 0.340 e. The Morgan fingerprint density at radius 3 is 1.87 bits per heavy atom. The highest BCUT2D eigenvalue weighted by Crippen LogP contribution is 2.24. The van der Waals surface area contributed by atoms with Crippen LogP contribution in [0, 0.1) is 0 Å². The lowest BCUT2D eigenvalue weighted by atomic mass is 10.2. The molecule has 0 bridgehead atoms. The molecule has 2 rings (SSSR count). The Morgan fingerprint density at radius 2 is 1.43 bits per heavy atom. The van der Waals surface area contributed by atoms with Crippen molar-refractivity contribution >= 4 is 112 Å². The molecular formula is C18H14Br2Cl2N2O4S2. The number of aliphatic imine (C=N–C) groups is 1. The first kappa shape index (κ1) is 28.6. The molecule has 2 aromatic carbocycles. The van der Waals surface area contributed by atoms with Crippen molar-refractivity contribution in [2.24, 2.45) is 4.99 Å². The molecule has 160 valence electrons. The van der Waals surface area contributed by atoms with Gasteiger partial charge in [-0.15, -0.1) is 0 Å². The molecule has 0 aliphatic carbocycles. The molecule has 0 saturated carbocycles. The molecule has 0 fully saturated rings. The van der Waals surface area contributed by atoms with Crippen LogP contribution in [0.2, 0.25) is 0 Å². The second kappa shape index (κ2) is 15.4. The average Bonchev–Trinajstić information content (AvgIpc) is 2.67. The quantitative estimate of drug-likeness (QED) is 0.138. The van der Waals surface area contributed by atoms with Crippen molar-refractivity contribution in [3.05, 3.63) is 56.5 Å². The number of thiocarbonyl (C=S) groups is 2. The summed E-state index contributed by atoms with van der Waals surface area (Å²) in [5.74, 6) is -0.860. The highest BCUT2D eigenvalue weighted by molar-refractivity contribution is 9.10. The van der Waals surface area contributed by atoms with Crippen molar-refractivity contribution in [3.63, 3.8) is 0 Å². The van der Waals surface area contributed by atoms with Gasteiger partial charge in [-0.3, -0.25) is 0 Å². The summed E-state index contributed by atoms with van der Waals surface area (Å²) in [4.78, 5) is 26.1. The molecule has 12 heteroatoms. The number of halogens is 4. The summed E-state index contributed by atoms with van der Waals surface area (Å²) in [6.07, 6.45) is 0. The minimum atomic E-state index is -0.443. The lowest BCUT2D eigenvalue weighted by Crippen LogP contribution is -2.04. The molecule has 2 aromatic rings. The summed E-state index contributed by atoms with van der Waals surface area (Å²) >= 11 is 24.6. The minimum Gasteiger partial charge on any atom is -0.465 e. The van der Waals surface area contributed by atoms with Gasteiger partial charge in [0, 0.05) is 14.6 Å². The Balaban J connectivity index is 0.000000481. The summed E-state index contributed by atoms with van der Waals surface area (Å²) in [5, 5.41) is 2.21. The number of methoxy groups -OCH3 is 2. The number of hydrogen-bond donors (Lipinski definition) is 1. The third-order valence-corrected chi connectivity index (χ3v) is 4.03. The Bertz CT molecular complexity index is 967. The summed E-state index contributed by atoms with van der Waals surface area (Å²) in [5.41, 5.74) is 7.18. The van der Waals surface area contributed by atoms with Gasteiger partial charge in [0.1, 0.15) is 0 Å². The number of anilines is 1. The van der Waals surface area contributed by atoms with E-state index in [0.717, 1.165) is 8.95 Å². The first-order valence-electron chi connectivity index (χ1n) is 7.51. The lowest BCUT2D eigenvalue weighted by Gasteiger charge is -2.02. The SMILES string of the molecule is COC(=O)c1ccc(Br)cc1N.COC(=O)c1ccc(Br)cc1N=C=S.S=C(Cl)Cl. The molecule has 0 radical (unpaired) electrons. The molecule has 2 N–H and O–H groups in total. The first-order chi connectivity index (χ1) is 14.1. The highest BCUT2D eigenvalue weighted by Gasteiger charge is 2.11. The molecule has 0 heterocycles. The van der Waals surface area contributed by atoms with E-state index in [4.69, 9.17) is 28.9 Å². The number of benzene rings is 2. The zero-order chi connectivity index (χ0) is 23.3. The predicted octanol–water partition coefficient (Wildman–Crippen LogP) is 6.54. The number of isothiocyanates is 1. The molecule has 0 aliphatic heterocycles. The maximum absolute atomic E-state index is 11.3. The molecule has 0 unspecified atom stereocenters. The first-order valence-corrected chi connectivity index (χ1v) is 10.7. The second-order valence-corrected chi connectivity index (χ2v) is 8.62. The zero-order valence-corrected chi connectivity index (χ0v) is 21.8. The van der Waals surface area contributed by atoms with E-state index in [1.165, 1.54) is 14.2 Å². The van der Waals surface area contributed by atoms with E-state index < -0.39 is 11.9 Å². The lowest BCUT2D eigenvalue weighted by molar-refractivity contribution is 0.0593. The van der Waals surface area contributed by atoms with E-state index in [-0.39, 0.29) is 3.78 Å². The topological polar surface area (TPSA) is 91.0 Å². The van der Waals surface area contributed by atoms with Crippen LogP contribution in [0.4, 0.5) is 11.4 Å². The number of nitrogens with two attached hydrogens (primary N) is 1. The van der Waals surface area contributed by atoms with Crippen molar-refractivity contribution in [1.29, 1.82) is 0 Å². The Morgan fingerprint density at radius 1 is 1.00 bits per heavy atom. The Hall–Kier alpha value is -1.39. The molecule has 0 spiro atoms. The summed E-state index contributed by atoms with van der Waals surface area (Å²) in [7, 11) is 2.64. The van der Waals surface area contributed by atoms with E-state index in [1.807, 2.05) is 0 Å². The fourth-order valence-corrected chi connectivity index (χ4v) is 2.58. The van der Waals surface area contributed by atoms with Crippen LogP contribution in [0.5, 0.6) is 0 Å². The fraction of sp³-hybridized carbons (Fsp3) is 0.111. The van der Waals surface area contributed by atoms with Crippen molar-refractivity contribution in [2.75, 3.05) is 20.0 Å². The number of nitrogen functional groups attached to an aromatic ring is 1. The molecule has 30 heavy (non-hydrogen) atoms. The third-order valence-electron chi connectivity index (χ3n) is 2.95. The van der Waals surface area contributed by atoms with Gasteiger partial charge in [-0.05, 0) is 48.6 Å². The number of rotatable bonds is 3. The maximum atomic E-state index is 11.3. The van der Waals surface area contributed by atoms with Crippen molar-refractivity contribution in [3.8, 4) is 0 Å². The third kappa shape index (κ3) is 11.1. The number of carbonyl (C=O) groups is 2. The van der Waals surface area contributed by atoms with Crippen LogP contribution in [0.3, 0.4) is 0 Å². The highest BCUT2D eigenvalue weighted by atomic mass is 79.9. The van der Waals surface area contributed by atoms with Gasteiger partial charge in [0.25, 0.3) is 0 Å². The predicted molar refractivity (Wildman–Crippen MR) is 134 cm³/mol. The van der Waals surface area contributed by atoms with Gasteiger partial charge < -0.3 is 15.2 Å². The van der Waals surface area contributed by atoms with E-state index in [1.54, 1.807) is 36.4 Å². The molecule has 6 nitrogen and oxygen atoms in total. The van der Waals surface area contributed by atoms with E-state index >= 15 is 0 Å². The van der Waals surface area contributed by atoms with Gasteiger partial charge in [0.05, 0.1) is 36.2 Å².